The lowest BCUT2D eigenvalue weighted by atomic mass is 9.82. The van der Waals surface area contributed by atoms with Crippen molar-refractivity contribution in [3.63, 3.8) is 0 Å². The fourth-order valence-electron chi connectivity index (χ4n) is 4.95. The Hall–Kier alpha value is -2.29. The van der Waals surface area contributed by atoms with Crippen LogP contribution in [0.3, 0.4) is 0 Å². The van der Waals surface area contributed by atoms with E-state index < -0.39 is 5.92 Å². The number of hydrogen-bond acceptors (Lipinski definition) is 4. The maximum Gasteiger partial charge on any atom is 0.254 e. The molecule has 1 unspecified atom stereocenters. The van der Waals surface area contributed by atoms with Crippen molar-refractivity contribution in [3.05, 3.63) is 34.2 Å². The molecule has 31 heavy (non-hydrogen) atoms. The molecule has 2 saturated carbocycles. The number of carbonyl (C=O) groups excluding carboxylic acids is 2. The van der Waals surface area contributed by atoms with Crippen molar-refractivity contribution in [2.45, 2.75) is 44.6 Å². The van der Waals surface area contributed by atoms with Gasteiger partial charge >= 0.3 is 0 Å². The Bertz CT molecular complexity index is 898. The summed E-state index contributed by atoms with van der Waals surface area (Å²) in [5, 5.41) is 2.72. The Kier molecular flexibility index (Phi) is 5.89. The second-order valence-corrected chi connectivity index (χ2v) is 9.30. The first-order valence-corrected chi connectivity index (χ1v) is 11.0. The summed E-state index contributed by atoms with van der Waals surface area (Å²) < 4.78 is 28.3. The maximum atomic E-state index is 13.4. The van der Waals surface area contributed by atoms with Crippen LogP contribution < -0.4 is 10.9 Å². The van der Waals surface area contributed by atoms with Gasteiger partial charge in [0.2, 0.25) is 17.7 Å². The topological polar surface area (TPSA) is 74.7 Å². The molecule has 0 bridgehead atoms. The van der Waals surface area contributed by atoms with E-state index in [9.17, 15) is 23.2 Å². The average Bonchev–Trinajstić information content (AvgIpc) is 3.47. The summed E-state index contributed by atoms with van der Waals surface area (Å²) >= 11 is 0. The molecule has 2 amide bonds. The molecule has 3 fully saturated rings. The van der Waals surface area contributed by atoms with Gasteiger partial charge in [-0.2, -0.15) is 0 Å². The van der Waals surface area contributed by atoms with Crippen molar-refractivity contribution in [2.24, 2.45) is 18.4 Å². The number of aryl methyl sites for hydroxylation is 1. The number of halogens is 2. The lowest BCUT2D eigenvalue weighted by Crippen LogP contribution is -2.51. The summed E-state index contributed by atoms with van der Waals surface area (Å²) in [6, 6.07) is 3.68. The summed E-state index contributed by atoms with van der Waals surface area (Å²) in [6.07, 6.45) is 2.87. The summed E-state index contributed by atoms with van der Waals surface area (Å²) in [4.78, 5) is 41.0. The fraction of sp³-hybridized carbons (Fsp3) is 0.682. The Morgan fingerprint density at radius 2 is 1.81 bits per heavy atom. The van der Waals surface area contributed by atoms with Gasteiger partial charge in [0.25, 0.3) is 5.56 Å². The SMILES string of the molecule is Cn1cccc(CN2CCN(C(=O)CNC(=O)C3CC34CCC(F)(F)CC4)CC2)c1=O. The summed E-state index contributed by atoms with van der Waals surface area (Å²) in [7, 11) is 1.73. The highest BCUT2D eigenvalue weighted by Gasteiger charge is 2.60. The number of rotatable bonds is 5. The van der Waals surface area contributed by atoms with E-state index in [1.165, 1.54) is 0 Å². The first-order chi connectivity index (χ1) is 14.7. The van der Waals surface area contributed by atoms with E-state index in [-0.39, 0.29) is 48.1 Å². The predicted octanol–water partition coefficient (Wildman–Crippen LogP) is 1.36. The Labute approximate surface area is 180 Å². The van der Waals surface area contributed by atoms with Crippen LogP contribution in [-0.2, 0) is 23.2 Å². The minimum absolute atomic E-state index is 0.0109. The molecular formula is C22H30F2N4O3. The number of aromatic nitrogens is 1. The number of pyridine rings is 1. The van der Waals surface area contributed by atoms with Gasteiger partial charge in [0, 0.05) is 70.3 Å². The first kappa shape index (κ1) is 21.9. The standard InChI is InChI=1S/C22H30F2N4O3/c1-26-8-2-3-16(20(26)31)15-27-9-11-28(12-10-27)18(29)14-25-19(30)17-13-21(17)4-6-22(23,24)7-5-21/h2-3,8,17H,4-7,9-15H2,1H3,(H,25,30). The van der Waals surface area contributed by atoms with Gasteiger partial charge < -0.3 is 14.8 Å². The third-order valence-corrected chi connectivity index (χ3v) is 7.22. The molecule has 7 nitrogen and oxygen atoms in total. The Morgan fingerprint density at radius 3 is 2.48 bits per heavy atom. The van der Waals surface area contributed by atoms with Crippen LogP contribution >= 0.6 is 0 Å². The molecule has 1 saturated heterocycles. The van der Waals surface area contributed by atoms with Crippen LogP contribution in [0.15, 0.2) is 23.1 Å². The largest absolute Gasteiger partial charge is 0.347 e. The van der Waals surface area contributed by atoms with E-state index >= 15 is 0 Å². The van der Waals surface area contributed by atoms with E-state index in [1.807, 2.05) is 12.1 Å². The van der Waals surface area contributed by atoms with E-state index in [0.717, 1.165) is 5.56 Å². The third kappa shape index (κ3) is 4.81. The van der Waals surface area contributed by atoms with Crippen molar-refractivity contribution < 1.29 is 18.4 Å². The third-order valence-electron chi connectivity index (χ3n) is 7.22. The van der Waals surface area contributed by atoms with Crippen LogP contribution in [0.2, 0.25) is 0 Å². The molecule has 4 rings (SSSR count). The van der Waals surface area contributed by atoms with Crippen molar-refractivity contribution >= 4 is 11.8 Å². The second-order valence-electron chi connectivity index (χ2n) is 9.30. The zero-order valence-corrected chi connectivity index (χ0v) is 17.9. The van der Waals surface area contributed by atoms with Crippen LogP contribution in [0.4, 0.5) is 8.78 Å². The summed E-state index contributed by atoms with van der Waals surface area (Å²) in [5.74, 6) is -3.15. The normalized spacial score (nSPS) is 24.7. The van der Waals surface area contributed by atoms with E-state index in [4.69, 9.17) is 0 Å². The summed E-state index contributed by atoms with van der Waals surface area (Å²) in [6.45, 7) is 2.92. The number of alkyl halides is 2. The molecule has 1 atom stereocenters. The minimum Gasteiger partial charge on any atom is -0.347 e. The van der Waals surface area contributed by atoms with Crippen LogP contribution in [-0.4, -0.2) is 64.8 Å². The van der Waals surface area contributed by atoms with Crippen LogP contribution in [0.25, 0.3) is 0 Å². The Balaban J connectivity index is 1.19. The molecule has 2 aliphatic carbocycles. The van der Waals surface area contributed by atoms with Crippen molar-refractivity contribution in [1.82, 2.24) is 19.7 Å². The van der Waals surface area contributed by atoms with Crippen molar-refractivity contribution in [3.8, 4) is 0 Å². The Morgan fingerprint density at radius 1 is 1.13 bits per heavy atom. The number of nitrogens with zero attached hydrogens (tertiary/aromatic N) is 3. The quantitative estimate of drug-likeness (QED) is 0.757. The van der Waals surface area contributed by atoms with Gasteiger partial charge in [0.1, 0.15) is 0 Å². The predicted molar refractivity (Wildman–Crippen MR) is 111 cm³/mol. The highest BCUT2D eigenvalue weighted by molar-refractivity contribution is 5.87. The zero-order chi connectivity index (χ0) is 22.2. The van der Waals surface area contributed by atoms with Gasteiger partial charge in [-0.25, -0.2) is 8.78 Å². The van der Waals surface area contributed by atoms with Crippen molar-refractivity contribution in [2.75, 3.05) is 32.7 Å². The van der Waals surface area contributed by atoms with Crippen LogP contribution in [0.5, 0.6) is 0 Å². The van der Waals surface area contributed by atoms with E-state index in [1.54, 1.807) is 22.7 Å². The first-order valence-electron chi connectivity index (χ1n) is 11.0. The number of carbonyl (C=O) groups is 2. The second kappa shape index (κ2) is 8.33. The lowest BCUT2D eigenvalue weighted by molar-refractivity contribution is -0.135. The molecule has 3 aliphatic rings. The lowest BCUT2D eigenvalue weighted by Gasteiger charge is -2.34. The maximum absolute atomic E-state index is 13.4. The highest BCUT2D eigenvalue weighted by Crippen LogP contribution is 2.63. The minimum atomic E-state index is -2.60. The molecule has 9 heteroatoms. The molecular weight excluding hydrogens is 406 g/mol. The fourth-order valence-corrected chi connectivity index (χ4v) is 4.95. The van der Waals surface area contributed by atoms with E-state index in [0.29, 0.717) is 52.0 Å². The number of nitrogens with one attached hydrogen (secondary N) is 1. The van der Waals surface area contributed by atoms with Gasteiger partial charge in [-0.15, -0.1) is 0 Å². The molecule has 0 aromatic carbocycles. The smallest absolute Gasteiger partial charge is 0.254 e. The van der Waals surface area contributed by atoms with Gasteiger partial charge in [-0.1, -0.05) is 6.07 Å². The highest BCUT2D eigenvalue weighted by atomic mass is 19.3. The molecule has 1 spiro atoms. The average molecular weight is 437 g/mol. The summed E-state index contributed by atoms with van der Waals surface area (Å²) in [5.41, 5.74) is 0.452. The zero-order valence-electron chi connectivity index (χ0n) is 17.9. The molecule has 0 radical (unpaired) electrons. The number of piperazine rings is 1. The number of hydrogen-bond donors (Lipinski definition) is 1. The number of amides is 2. The molecule has 2 heterocycles. The molecule has 1 aliphatic heterocycles. The van der Waals surface area contributed by atoms with Gasteiger partial charge in [0.05, 0.1) is 6.54 Å². The van der Waals surface area contributed by atoms with Crippen molar-refractivity contribution in [1.29, 1.82) is 0 Å². The van der Waals surface area contributed by atoms with Gasteiger partial charge in [-0.3, -0.25) is 19.3 Å². The van der Waals surface area contributed by atoms with Gasteiger partial charge in [-0.05, 0) is 30.7 Å². The molecule has 170 valence electrons. The molecule has 1 aromatic rings. The monoisotopic (exact) mass is 436 g/mol. The van der Waals surface area contributed by atoms with Gasteiger partial charge in [0.15, 0.2) is 0 Å². The van der Waals surface area contributed by atoms with Crippen LogP contribution in [0.1, 0.15) is 37.7 Å². The van der Waals surface area contributed by atoms with Crippen LogP contribution in [0, 0.1) is 11.3 Å². The van der Waals surface area contributed by atoms with E-state index in [2.05, 4.69) is 10.2 Å². The molecule has 1 aromatic heterocycles. The molecule has 1 N–H and O–H groups in total.